The summed E-state index contributed by atoms with van der Waals surface area (Å²) < 4.78 is 12.3. The number of hydrogen-bond acceptors (Lipinski definition) is 6. The van der Waals surface area contributed by atoms with Crippen molar-refractivity contribution in [1.29, 1.82) is 0 Å². The minimum absolute atomic E-state index is 0.0925. The van der Waals surface area contributed by atoms with Gasteiger partial charge in [-0.1, -0.05) is 24.9 Å². The van der Waals surface area contributed by atoms with Crippen LogP contribution in [0.15, 0.2) is 20.9 Å². The van der Waals surface area contributed by atoms with Crippen LogP contribution in [0.2, 0.25) is 0 Å². The lowest BCUT2D eigenvalue weighted by atomic mass is 10.1. The number of aliphatic hydroxyl groups excluding tert-OH is 1. The van der Waals surface area contributed by atoms with Crippen LogP contribution in [0.1, 0.15) is 44.4 Å². The monoisotopic (exact) mass is 353 g/mol. The molecule has 1 aliphatic heterocycles. The van der Waals surface area contributed by atoms with Gasteiger partial charge >= 0.3 is 5.69 Å². The van der Waals surface area contributed by atoms with E-state index in [1.54, 1.807) is 0 Å². The Morgan fingerprint density at radius 2 is 2.32 bits per heavy atom. The number of nitrogens with one attached hydrogen (secondary N) is 1. The number of hydrogen-bond donors (Lipinski definition) is 2. The molecule has 0 aromatic carbocycles. The van der Waals surface area contributed by atoms with Crippen LogP contribution in [-0.2, 0) is 16.1 Å². The highest BCUT2D eigenvalue weighted by Gasteiger charge is 2.35. The standard InChI is InChI=1S/C15H23N5O5/c1-2-3-4-5-24-9-10-7-20(15(23)17-14(10)22)13-6-11(18-19-16)12(8-21)25-13/h7,11-13,21H,2-6,8-9H2,1H3,(H,17,22,23). The molecule has 1 aromatic rings. The van der Waals surface area contributed by atoms with Crippen LogP contribution in [0.5, 0.6) is 0 Å². The third-order valence-corrected chi connectivity index (χ3v) is 4.09. The van der Waals surface area contributed by atoms with Crippen molar-refractivity contribution >= 4 is 0 Å². The van der Waals surface area contributed by atoms with Crippen LogP contribution >= 0.6 is 0 Å². The molecule has 0 saturated carbocycles. The number of rotatable bonds is 9. The molecule has 10 heteroatoms. The van der Waals surface area contributed by atoms with Crippen molar-refractivity contribution in [2.45, 2.75) is 57.6 Å². The van der Waals surface area contributed by atoms with E-state index < -0.39 is 29.6 Å². The van der Waals surface area contributed by atoms with Crippen LogP contribution in [0.3, 0.4) is 0 Å². The summed E-state index contributed by atoms with van der Waals surface area (Å²) in [6, 6.07) is -0.576. The van der Waals surface area contributed by atoms with Gasteiger partial charge in [0.25, 0.3) is 5.56 Å². The maximum absolute atomic E-state index is 12.1. The van der Waals surface area contributed by atoms with Gasteiger partial charge in [0.15, 0.2) is 0 Å². The number of azide groups is 1. The summed E-state index contributed by atoms with van der Waals surface area (Å²) in [4.78, 5) is 29.0. The Bertz CT molecular complexity index is 724. The maximum Gasteiger partial charge on any atom is 0.330 e. The second-order valence-electron chi connectivity index (χ2n) is 5.90. The van der Waals surface area contributed by atoms with Crippen molar-refractivity contribution in [2.24, 2.45) is 5.11 Å². The molecular weight excluding hydrogens is 330 g/mol. The Balaban J connectivity index is 2.13. The summed E-state index contributed by atoms with van der Waals surface area (Å²) in [7, 11) is 0. The molecule has 10 nitrogen and oxygen atoms in total. The first-order chi connectivity index (χ1) is 12.1. The average Bonchev–Trinajstić information content (AvgIpc) is 2.99. The SMILES string of the molecule is CCCCCOCc1cn(C2CC(N=[N+]=[N-])C(CO)O2)c(=O)[nH]c1=O. The third kappa shape index (κ3) is 4.93. The van der Waals surface area contributed by atoms with Gasteiger partial charge < -0.3 is 14.6 Å². The molecule has 2 rings (SSSR count). The lowest BCUT2D eigenvalue weighted by Gasteiger charge is -2.15. The van der Waals surface area contributed by atoms with E-state index in [2.05, 4.69) is 21.9 Å². The largest absolute Gasteiger partial charge is 0.394 e. The quantitative estimate of drug-likeness (QED) is 0.297. The summed E-state index contributed by atoms with van der Waals surface area (Å²) in [5, 5.41) is 12.9. The molecule has 1 saturated heterocycles. The van der Waals surface area contributed by atoms with Crippen molar-refractivity contribution < 1.29 is 14.6 Å². The average molecular weight is 353 g/mol. The Hall–Kier alpha value is -2.13. The molecule has 25 heavy (non-hydrogen) atoms. The van der Waals surface area contributed by atoms with E-state index in [0.29, 0.717) is 12.2 Å². The molecule has 1 fully saturated rings. The molecule has 138 valence electrons. The van der Waals surface area contributed by atoms with Gasteiger partial charge in [-0.2, -0.15) is 0 Å². The van der Waals surface area contributed by atoms with E-state index in [9.17, 15) is 14.7 Å². The summed E-state index contributed by atoms with van der Waals surface area (Å²) in [6.45, 7) is 2.39. The van der Waals surface area contributed by atoms with Crippen molar-refractivity contribution in [3.8, 4) is 0 Å². The second-order valence-corrected chi connectivity index (χ2v) is 5.90. The minimum Gasteiger partial charge on any atom is -0.394 e. The highest BCUT2D eigenvalue weighted by molar-refractivity contribution is 5.04. The first kappa shape index (κ1) is 19.2. The number of aromatic amines is 1. The molecule has 0 bridgehead atoms. The number of ether oxygens (including phenoxy) is 2. The number of unbranched alkanes of at least 4 members (excludes halogenated alkanes) is 2. The zero-order chi connectivity index (χ0) is 18.2. The Morgan fingerprint density at radius 1 is 1.52 bits per heavy atom. The van der Waals surface area contributed by atoms with Crippen molar-refractivity contribution in [3.05, 3.63) is 43.0 Å². The van der Waals surface area contributed by atoms with Crippen molar-refractivity contribution in [3.63, 3.8) is 0 Å². The molecule has 2 heterocycles. The predicted octanol–water partition coefficient (Wildman–Crippen LogP) is 1.20. The van der Waals surface area contributed by atoms with Gasteiger partial charge in [-0.05, 0) is 12.0 Å². The zero-order valence-electron chi connectivity index (χ0n) is 14.1. The van der Waals surface area contributed by atoms with Crippen LogP contribution in [-0.4, -0.2) is 40.0 Å². The van der Waals surface area contributed by atoms with E-state index in [-0.39, 0.29) is 19.6 Å². The molecule has 2 N–H and O–H groups in total. The fourth-order valence-corrected chi connectivity index (χ4v) is 2.72. The summed E-state index contributed by atoms with van der Waals surface area (Å²) in [5.74, 6) is 0. The van der Waals surface area contributed by atoms with Gasteiger partial charge in [0.1, 0.15) is 6.23 Å². The molecule has 0 spiro atoms. The van der Waals surface area contributed by atoms with E-state index in [1.807, 2.05) is 0 Å². The second kappa shape index (κ2) is 9.38. The Morgan fingerprint density at radius 3 is 3.00 bits per heavy atom. The lowest BCUT2D eigenvalue weighted by molar-refractivity contribution is -0.0274. The van der Waals surface area contributed by atoms with Crippen LogP contribution < -0.4 is 11.2 Å². The topological polar surface area (TPSA) is 142 Å². The zero-order valence-corrected chi connectivity index (χ0v) is 14.1. The highest BCUT2D eigenvalue weighted by Crippen LogP contribution is 2.29. The minimum atomic E-state index is -0.726. The fourth-order valence-electron chi connectivity index (χ4n) is 2.72. The molecule has 1 aliphatic rings. The highest BCUT2D eigenvalue weighted by atomic mass is 16.5. The van der Waals surface area contributed by atoms with Crippen LogP contribution in [0.25, 0.3) is 10.4 Å². The van der Waals surface area contributed by atoms with E-state index >= 15 is 0 Å². The smallest absolute Gasteiger partial charge is 0.330 e. The van der Waals surface area contributed by atoms with Gasteiger partial charge in [-0.25, -0.2) is 4.79 Å². The van der Waals surface area contributed by atoms with Crippen molar-refractivity contribution in [1.82, 2.24) is 9.55 Å². The van der Waals surface area contributed by atoms with E-state index in [4.69, 9.17) is 15.0 Å². The van der Waals surface area contributed by atoms with Gasteiger partial charge in [-0.15, -0.1) is 0 Å². The first-order valence-electron chi connectivity index (χ1n) is 8.33. The third-order valence-electron chi connectivity index (χ3n) is 4.09. The lowest BCUT2D eigenvalue weighted by Crippen LogP contribution is -2.34. The van der Waals surface area contributed by atoms with E-state index in [0.717, 1.165) is 19.3 Å². The van der Waals surface area contributed by atoms with Crippen LogP contribution in [0.4, 0.5) is 0 Å². The summed E-state index contributed by atoms with van der Waals surface area (Å²) in [5.41, 5.74) is 7.77. The molecule has 0 radical (unpaired) electrons. The fraction of sp³-hybridized carbons (Fsp3) is 0.733. The molecule has 3 atom stereocenters. The van der Waals surface area contributed by atoms with Gasteiger partial charge in [0.2, 0.25) is 0 Å². The van der Waals surface area contributed by atoms with Crippen molar-refractivity contribution in [2.75, 3.05) is 13.2 Å². The predicted molar refractivity (Wildman–Crippen MR) is 89.1 cm³/mol. The number of nitrogens with zero attached hydrogens (tertiary/aromatic N) is 4. The summed E-state index contributed by atoms with van der Waals surface area (Å²) in [6.07, 6.45) is 3.26. The number of H-pyrrole nitrogens is 1. The summed E-state index contributed by atoms with van der Waals surface area (Å²) >= 11 is 0. The maximum atomic E-state index is 12.1. The normalized spacial score (nSPS) is 22.7. The van der Waals surface area contributed by atoms with Gasteiger partial charge in [0, 0.05) is 24.1 Å². The molecule has 1 aromatic heterocycles. The van der Waals surface area contributed by atoms with Gasteiger partial charge in [0.05, 0.1) is 30.9 Å². The van der Waals surface area contributed by atoms with E-state index in [1.165, 1.54) is 10.8 Å². The van der Waals surface area contributed by atoms with Gasteiger partial charge in [-0.3, -0.25) is 14.3 Å². The number of aromatic nitrogens is 2. The Kier molecular flexibility index (Phi) is 7.20. The molecular formula is C15H23N5O5. The molecule has 0 aliphatic carbocycles. The first-order valence-corrected chi connectivity index (χ1v) is 8.33. The number of aliphatic hydroxyl groups is 1. The van der Waals surface area contributed by atoms with Crippen LogP contribution in [0, 0.1) is 0 Å². The Labute approximate surface area is 144 Å². The molecule has 3 unspecified atom stereocenters. The molecule has 0 amide bonds.